The topological polar surface area (TPSA) is 246 Å². The fraction of sp³-hybridized carbons (Fsp3) is 1.00. The van der Waals surface area contributed by atoms with Crippen molar-refractivity contribution < 1.29 is 30.7 Å². The molecule has 40 heavy (non-hydrogen) atoms. The molecule has 3 fully saturated rings. The number of hydrogen-bond donors (Lipinski definition) is 8. The number of hydrogen-bond acceptors (Lipinski definition) is 15. The van der Waals surface area contributed by atoms with Crippen LogP contribution in [0, 0.1) is 26.7 Å². The molecule has 9 N–H and O–H groups in total. The van der Waals surface area contributed by atoms with E-state index in [1.807, 2.05) is 0 Å². The number of nitrogens with two attached hydrogens (primary N) is 1. The molecule has 1 aliphatic carbocycles. The van der Waals surface area contributed by atoms with Crippen molar-refractivity contribution in [2.24, 2.45) is 11.7 Å². The fourth-order valence-corrected chi connectivity index (χ4v) is 4.11. The molecule has 2 saturated heterocycles. The van der Waals surface area contributed by atoms with Gasteiger partial charge in [0, 0.05) is 59.8 Å². The van der Waals surface area contributed by atoms with Gasteiger partial charge in [-0.1, -0.05) is 32.0 Å². The Bertz CT molecular complexity index is 547. The summed E-state index contributed by atoms with van der Waals surface area (Å²) in [4.78, 5) is 10.8. The molecule has 0 spiro atoms. The smallest absolute Gasteiger partial charge is 0.394 e. The summed E-state index contributed by atoms with van der Waals surface area (Å²) in [7, 11) is 0.933. The summed E-state index contributed by atoms with van der Waals surface area (Å²) >= 11 is 0. The van der Waals surface area contributed by atoms with Crippen LogP contribution in [0.15, 0.2) is 0 Å². The molecular weight excluding hydrogens is 592 g/mol. The first-order chi connectivity index (χ1) is 18.6. The maximum Gasteiger partial charge on any atom is 0.394 e. The van der Waals surface area contributed by atoms with Crippen LogP contribution in [0.25, 0.3) is 5.32 Å². The summed E-state index contributed by atoms with van der Waals surface area (Å²) in [6, 6.07) is -1.02. The van der Waals surface area contributed by atoms with Crippen LogP contribution in [0.1, 0.15) is 59.8 Å². The van der Waals surface area contributed by atoms with Gasteiger partial charge in [0.15, 0.2) is 0 Å². The van der Waals surface area contributed by atoms with Gasteiger partial charge in [-0.25, -0.2) is 0 Å². The van der Waals surface area contributed by atoms with Gasteiger partial charge < -0.3 is 59.1 Å². The number of fused-ring (bicyclic) bond motifs is 1. The van der Waals surface area contributed by atoms with Crippen molar-refractivity contribution >= 4 is 8.60 Å². The minimum Gasteiger partial charge on any atom is -0.788 e. The van der Waals surface area contributed by atoms with E-state index in [-0.39, 0.29) is 53.2 Å². The maximum atomic E-state index is 9.80. The van der Waals surface area contributed by atoms with Crippen molar-refractivity contribution in [1.82, 2.24) is 37.5 Å². The van der Waals surface area contributed by atoms with Crippen LogP contribution in [0.4, 0.5) is 0 Å². The van der Waals surface area contributed by atoms with E-state index in [1.165, 1.54) is 52.9 Å². The molecule has 1 radical (unpaired) electrons. The van der Waals surface area contributed by atoms with Crippen molar-refractivity contribution in [3.63, 3.8) is 0 Å². The molecule has 0 amide bonds. The average molecular weight is 645 g/mol. The first-order valence-electron chi connectivity index (χ1n) is 13.4. The molecule has 3 aliphatic rings. The van der Waals surface area contributed by atoms with Crippen LogP contribution in [0.2, 0.25) is 0 Å². The van der Waals surface area contributed by atoms with E-state index >= 15 is 0 Å². The summed E-state index contributed by atoms with van der Waals surface area (Å²) in [5.41, 5.74) is 12.9. The van der Waals surface area contributed by atoms with E-state index in [0.717, 1.165) is 19.3 Å². The Labute approximate surface area is 250 Å². The minimum atomic E-state index is -1.87. The van der Waals surface area contributed by atoms with Crippen LogP contribution in [0.5, 0.6) is 0 Å². The fourth-order valence-electron chi connectivity index (χ4n) is 3.94. The third kappa shape index (κ3) is 17.4. The van der Waals surface area contributed by atoms with Gasteiger partial charge in [0.25, 0.3) is 0 Å². The van der Waals surface area contributed by atoms with Crippen LogP contribution in [0.3, 0.4) is 0 Å². The minimum absolute atomic E-state index is 0. The first-order valence-corrected chi connectivity index (χ1v) is 14.6. The van der Waals surface area contributed by atoms with E-state index in [2.05, 4.69) is 29.9 Å². The molecular formula is C22H52CoN9O7P-4. The zero-order chi connectivity index (χ0) is 29.8. The van der Waals surface area contributed by atoms with Gasteiger partial charge >= 0.3 is 8.60 Å². The molecule has 0 bridgehead atoms. The Hall–Kier alpha value is 0.296. The van der Waals surface area contributed by atoms with Gasteiger partial charge in [-0.05, 0) is 46.5 Å². The summed E-state index contributed by atoms with van der Waals surface area (Å²) in [5.74, 6) is 0.878. The first kappa shape index (κ1) is 42.4. The Kier molecular flexibility index (Phi) is 27.3. The third-order valence-electron chi connectivity index (χ3n) is 7.03. The van der Waals surface area contributed by atoms with Crippen molar-refractivity contribution in [2.75, 3.05) is 34.1 Å². The molecule has 2 aliphatic heterocycles. The zero-order valence-corrected chi connectivity index (χ0v) is 26.5. The molecule has 3 rings (SSSR count). The largest absolute Gasteiger partial charge is 0.788 e. The standard InChI is InChI=1S/C12H24N5.2C4H10N2O2.C2H8O3P.Co/c13-11-10-12(15-7-14-10)17(8-16-11)6-9-4-2-1-3-5-9;2*1-3(5-7)4(2)6-8;1-4-6(3)5-2;/h9-12,15-16H,1-8,13H2;2*3-6H,1-2H3;3,6H,1-2H3;/q-1;2*-2;+1;. The van der Waals surface area contributed by atoms with Gasteiger partial charge in [0.1, 0.15) is 0 Å². The third-order valence-corrected chi connectivity index (χ3v) is 7.73. The molecule has 2 heterocycles. The molecule has 0 aromatic rings. The molecule has 7 atom stereocenters. The van der Waals surface area contributed by atoms with Crippen molar-refractivity contribution in [2.45, 2.75) is 102 Å². The van der Waals surface area contributed by atoms with Crippen LogP contribution >= 0.6 is 8.60 Å². The Morgan fingerprint density at radius 3 is 1.73 bits per heavy atom. The van der Waals surface area contributed by atoms with Crippen molar-refractivity contribution in [1.29, 1.82) is 0 Å². The number of nitrogens with zero attached hydrogens (tertiary/aromatic N) is 2. The quantitative estimate of drug-likeness (QED) is 0.119. The second kappa shape index (κ2) is 25.8. The van der Waals surface area contributed by atoms with E-state index < -0.39 is 8.60 Å². The van der Waals surface area contributed by atoms with Crippen molar-refractivity contribution in [3.8, 4) is 0 Å². The predicted octanol–water partition coefficient (Wildman–Crippen LogP) is 0.448. The van der Waals surface area contributed by atoms with E-state index in [9.17, 15) is 20.8 Å². The SMILES string of the molecule is CC(N[O-])C(C)N[O-].CC(N[O-])C(C)N[O-].CO[PH+](O)OC.NC1NCN(CC2CCCCC2)C2NC[N-]C12.[Co]. The van der Waals surface area contributed by atoms with E-state index in [4.69, 9.17) is 10.6 Å². The molecule has 1 saturated carbocycles. The van der Waals surface area contributed by atoms with Gasteiger partial charge in [0.05, 0.1) is 20.9 Å². The van der Waals surface area contributed by atoms with Gasteiger partial charge in [-0.2, -0.15) is 13.9 Å². The average Bonchev–Trinajstić information content (AvgIpc) is 3.49. The second-order valence-corrected chi connectivity index (χ2v) is 11.3. The van der Waals surface area contributed by atoms with Gasteiger partial charge in [0.2, 0.25) is 0 Å². The molecule has 0 aromatic heterocycles. The summed E-state index contributed by atoms with van der Waals surface area (Å²) in [6.45, 7) is 9.42. The van der Waals surface area contributed by atoms with Crippen molar-refractivity contribution in [3.05, 3.63) is 26.1 Å². The zero-order valence-electron chi connectivity index (χ0n) is 24.5. The van der Waals surface area contributed by atoms with E-state index in [1.54, 1.807) is 49.6 Å². The molecule has 16 nitrogen and oxygen atoms in total. The summed E-state index contributed by atoms with van der Waals surface area (Å²) in [5, 5.41) is 50.6. The normalized spacial score (nSPS) is 25.9. The molecule has 18 heteroatoms. The van der Waals surface area contributed by atoms with Gasteiger partial charge in [-0.15, -0.1) is 0 Å². The Morgan fingerprint density at radius 1 is 0.900 bits per heavy atom. The maximum absolute atomic E-state index is 9.80. The number of hydroxylamine groups is 4. The predicted molar refractivity (Wildman–Crippen MR) is 157 cm³/mol. The van der Waals surface area contributed by atoms with Crippen LogP contribution < -0.4 is 38.3 Å². The summed E-state index contributed by atoms with van der Waals surface area (Å²) in [6.07, 6.45) is 7.45. The monoisotopic (exact) mass is 644 g/mol. The number of nitrogens with one attached hydrogen (secondary N) is 6. The Balaban J connectivity index is 0. The molecule has 7 unspecified atom stereocenters. The van der Waals surface area contributed by atoms with Crippen LogP contribution in [-0.2, 0) is 25.8 Å². The number of rotatable bonds is 10. The molecule has 245 valence electrons. The van der Waals surface area contributed by atoms with E-state index in [0.29, 0.717) is 6.17 Å². The van der Waals surface area contributed by atoms with Gasteiger partial charge in [-0.3, -0.25) is 10.2 Å². The van der Waals surface area contributed by atoms with Crippen LogP contribution in [-0.4, -0.2) is 86.4 Å². The Morgan fingerprint density at radius 2 is 1.35 bits per heavy atom. The second-order valence-electron chi connectivity index (χ2n) is 9.94. The summed E-state index contributed by atoms with van der Waals surface area (Å²) < 4.78 is 8.67. The molecule has 0 aromatic carbocycles.